The van der Waals surface area contributed by atoms with Crippen LogP contribution < -0.4 is 11.1 Å². The number of nitrogens with zero attached hydrogens (tertiary/aromatic N) is 1. The van der Waals surface area contributed by atoms with Gasteiger partial charge in [-0.05, 0) is 24.1 Å². The van der Waals surface area contributed by atoms with E-state index in [2.05, 4.69) is 10.3 Å². The Morgan fingerprint density at radius 3 is 2.74 bits per heavy atom. The molecule has 4 nitrogen and oxygen atoms in total. The summed E-state index contributed by atoms with van der Waals surface area (Å²) < 4.78 is 0. The van der Waals surface area contributed by atoms with E-state index in [9.17, 15) is 4.79 Å². The number of aromatic nitrogens is 1. The molecule has 0 aliphatic rings. The highest BCUT2D eigenvalue weighted by molar-refractivity contribution is 6.30. The molecule has 5 heteroatoms. The van der Waals surface area contributed by atoms with Crippen LogP contribution in [0, 0.1) is 0 Å². The van der Waals surface area contributed by atoms with Crippen molar-refractivity contribution in [3.8, 4) is 0 Å². The summed E-state index contributed by atoms with van der Waals surface area (Å²) in [5, 5.41) is 3.16. The monoisotopic (exact) mass is 275 g/mol. The molecule has 0 aliphatic carbocycles. The van der Waals surface area contributed by atoms with Gasteiger partial charge in [0.15, 0.2) is 0 Å². The second-order valence-corrected chi connectivity index (χ2v) is 4.58. The summed E-state index contributed by atoms with van der Waals surface area (Å²) in [5.74, 6) is 0.125. The van der Waals surface area contributed by atoms with Crippen molar-refractivity contribution in [2.75, 3.05) is 5.32 Å². The number of rotatable bonds is 4. The van der Waals surface area contributed by atoms with Crippen LogP contribution in [0.2, 0.25) is 5.02 Å². The molecule has 3 N–H and O–H groups in total. The largest absolute Gasteiger partial charge is 0.320 e. The standard InChI is InChI=1S/C14H14ClN3O/c15-11-6-7-17-13(9-11)18-14(19)12(16)8-10-4-2-1-3-5-10/h1-7,9,12H,8,16H2,(H,17,18,19). The molecule has 1 unspecified atom stereocenters. The molecule has 0 saturated heterocycles. The Hall–Kier alpha value is -1.91. The Labute approximate surface area is 116 Å². The lowest BCUT2D eigenvalue weighted by atomic mass is 10.1. The van der Waals surface area contributed by atoms with Crippen LogP contribution in [0.25, 0.3) is 0 Å². The summed E-state index contributed by atoms with van der Waals surface area (Å²) >= 11 is 5.82. The van der Waals surface area contributed by atoms with Gasteiger partial charge in [0.2, 0.25) is 5.91 Å². The molecule has 2 aromatic rings. The second-order valence-electron chi connectivity index (χ2n) is 4.14. The van der Waals surface area contributed by atoms with Crippen molar-refractivity contribution in [2.24, 2.45) is 5.73 Å². The van der Waals surface area contributed by atoms with Crippen LogP contribution in [0.4, 0.5) is 5.82 Å². The lowest BCUT2D eigenvalue weighted by Gasteiger charge is -2.11. The van der Waals surface area contributed by atoms with E-state index in [4.69, 9.17) is 17.3 Å². The molecule has 1 atom stereocenters. The van der Waals surface area contributed by atoms with E-state index < -0.39 is 6.04 Å². The highest BCUT2D eigenvalue weighted by Crippen LogP contribution is 2.12. The molecule has 0 saturated carbocycles. The predicted molar refractivity (Wildman–Crippen MR) is 76.0 cm³/mol. The number of halogens is 1. The molecule has 0 fully saturated rings. The predicted octanol–water partition coefficient (Wildman–Crippen LogP) is 2.24. The van der Waals surface area contributed by atoms with Gasteiger partial charge in [-0.1, -0.05) is 41.9 Å². The average molecular weight is 276 g/mol. The fourth-order valence-corrected chi connectivity index (χ4v) is 1.81. The zero-order chi connectivity index (χ0) is 13.7. The number of anilines is 1. The first-order valence-corrected chi connectivity index (χ1v) is 6.25. The van der Waals surface area contributed by atoms with E-state index in [1.165, 1.54) is 6.20 Å². The van der Waals surface area contributed by atoms with Crippen molar-refractivity contribution in [3.05, 3.63) is 59.2 Å². The minimum absolute atomic E-state index is 0.279. The summed E-state index contributed by atoms with van der Waals surface area (Å²) in [6.45, 7) is 0. The molecular weight excluding hydrogens is 262 g/mol. The fraction of sp³-hybridized carbons (Fsp3) is 0.143. The molecule has 1 amide bonds. The fourth-order valence-electron chi connectivity index (χ4n) is 1.65. The zero-order valence-corrected chi connectivity index (χ0v) is 11.0. The molecule has 1 aromatic heterocycles. The lowest BCUT2D eigenvalue weighted by Crippen LogP contribution is -2.37. The Morgan fingerprint density at radius 1 is 1.32 bits per heavy atom. The third-order valence-electron chi connectivity index (χ3n) is 2.61. The topological polar surface area (TPSA) is 68.0 Å². The highest BCUT2D eigenvalue weighted by atomic mass is 35.5. The van der Waals surface area contributed by atoms with Crippen LogP contribution in [-0.4, -0.2) is 16.9 Å². The number of pyridine rings is 1. The maximum Gasteiger partial charge on any atom is 0.242 e. The van der Waals surface area contributed by atoms with Gasteiger partial charge in [-0.25, -0.2) is 4.98 Å². The van der Waals surface area contributed by atoms with Gasteiger partial charge in [0.25, 0.3) is 0 Å². The minimum atomic E-state index is -0.622. The molecule has 1 heterocycles. The maximum atomic E-state index is 11.9. The molecule has 0 radical (unpaired) electrons. The quantitative estimate of drug-likeness (QED) is 0.899. The third-order valence-corrected chi connectivity index (χ3v) is 2.84. The van der Waals surface area contributed by atoms with Crippen molar-refractivity contribution in [3.63, 3.8) is 0 Å². The van der Waals surface area contributed by atoms with Crippen molar-refractivity contribution in [1.82, 2.24) is 4.98 Å². The number of carbonyl (C=O) groups excluding carboxylic acids is 1. The number of nitrogens with one attached hydrogen (secondary N) is 1. The van der Waals surface area contributed by atoms with E-state index in [0.717, 1.165) is 5.56 Å². The summed E-state index contributed by atoms with van der Waals surface area (Å²) in [5.41, 5.74) is 6.88. The van der Waals surface area contributed by atoms with E-state index in [1.54, 1.807) is 12.1 Å². The van der Waals surface area contributed by atoms with Crippen LogP contribution in [0.3, 0.4) is 0 Å². The first-order chi connectivity index (χ1) is 9.15. The van der Waals surface area contributed by atoms with Gasteiger partial charge in [0, 0.05) is 11.2 Å². The van der Waals surface area contributed by atoms with Crippen molar-refractivity contribution >= 4 is 23.3 Å². The van der Waals surface area contributed by atoms with Gasteiger partial charge in [0.05, 0.1) is 6.04 Å². The van der Waals surface area contributed by atoms with Crippen molar-refractivity contribution in [1.29, 1.82) is 0 Å². The maximum absolute atomic E-state index is 11.9. The second kappa shape index (κ2) is 6.31. The molecular formula is C14H14ClN3O. The van der Waals surface area contributed by atoms with Crippen molar-refractivity contribution < 1.29 is 4.79 Å². The van der Waals surface area contributed by atoms with E-state index in [-0.39, 0.29) is 5.91 Å². The third kappa shape index (κ3) is 4.05. The number of hydrogen-bond donors (Lipinski definition) is 2. The van der Waals surface area contributed by atoms with Crippen molar-refractivity contribution in [2.45, 2.75) is 12.5 Å². The van der Waals surface area contributed by atoms with Crippen LogP contribution >= 0.6 is 11.6 Å². The smallest absolute Gasteiger partial charge is 0.242 e. The Morgan fingerprint density at radius 2 is 2.05 bits per heavy atom. The Balaban J connectivity index is 1.96. The van der Waals surface area contributed by atoms with E-state index in [1.807, 2.05) is 30.3 Å². The molecule has 2 rings (SSSR count). The van der Waals surface area contributed by atoms with Crippen LogP contribution in [-0.2, 0) is 11.2 Å². The first-order valence-electron chi connectivity index (χ1n) is 5.87. The summed E-state index contributed by atoms with van der Waals surface area (Å²) in [7, 11) is 0. The molecule has 98 valence electrons. The number of nitrogens with two attached hydrogens (primary N) is 1. The number of hydrogen-bond acceptors (Lipinski definition) is 3. The summed E-state index contributed by atoms with van der Waals surface area (Å²) in [4.78, 5) is 15.9. The normalized spacial score (nSPS) is 11.9. The Kier molecular flexibility index (Phi) is 4.49. The zero-order valence-electron chi connectivity index (χ0n) is 10.2. The molecule has 0 bridgehead atoms. The van der Waals surface area contributed by atoms with E-state index >= 15 is 0 Å². The van der Waals surface area contributed by atoms with Gasteiger partial charge in [-0.2, -0.15) is 0 Å². The van der Waals surface area contributed by atoms with Crippen LogP contribution in [0.1, 0.15) is 5.56 Å². The Bertz CT molecular complexity index is 560. The highest BCUT2D eigenvalue weighted by Gasteiger charge is 2.14. The van der Waals surface area contributed by atoms with Gasteiger partial charge in [-0.15, -0.1) is 0 Å². The van der Waals surface area contributed by atoms with E-state index in [0.29, 0.717) is 17.3 Å². The SMILES string of the molecule is NC(Cc1ccccc1)C(=O)Nc1cc(Cl)ccn1. The summed E-state index contributed by atoms with van der Waals surface area (Å²) in [6, 6.07) is 12.2. The number of amides is 1. The molecule has 0 aliphatic heterocycles. The first kappa shape index (κ1) is 13.5. The lowest BCUT2D eigenvalue weighted by molar-refractivity contribution is -0.117. The minimum Gasteiger partial charge on any atom is -0.320 e. The number of benzene rings is 1. The van der Waals surface area contributed by atoms with Gasteiger partial charge >= 0.3 is 0 Å². The average Bonchev–Trinajstić information content (AvgIpc) is 2.40. The molecule has 1 aromatic carbocycles. The van der Waals surface area contributed by atoms with Gasteiger partial charge < -0.3 is 11.1 Å². The molecule has 19 heavy (non-hydrogen) atoms. The van der Waals surface area contributed by atoms with Gasteiger partial charge in [0.1, 0.15) is 5.82 Å². The number of carbonyl (C=O) groups is 1. The molecule has 0 spiro atoms. The van der Waals surface area contributed by atoms with Crippen LogP contribution in [0.5, 0.6) is 0 Å². The van der Waals surface area contributed by atoms with Gasteiger partial charge in [-0.3, -0.25) is 4.79 Å². The van der Waals surface area contributed by atoms with Crippen LogP contribution in [0.15, 0.2) is 48.7 Å². The summed E-state index contributed by atoms with van der Waals surface area (Å²) in [6.07, 6.45) is 2.01.